The van der Waals surface area contributed by atoms with Gasteiger partial charge in [0.2, 0.25) is 0 Å². The number of aromatic amines is 1. The minimum atomic E-state index is -0.492. The molecular weight excluding hydrogens is 286 g/mol. The van der Waals surface area contributed by atoms with E-state index in [0.29, 0.717) is 30.0 Å². The van der Waals surface area contributed by atoms with E-state index in [1.54, 1.807) is 25.3 Å². The quantitative estimate of drug-likeness (QED) is 0.846. The highest BCUT2D eigenvalue weighted by Crippen LogP contribution is 2.30. The number of fused-ring (bicyclic) bond motifs is 1. The van der Waals surface area contributed by atoms with E-state index in [2.05, 4.69) is 4.98 Å². The first kappa shape index (κ1) is 14.6. The summed E-state index contributed by atoms with van der Waals surface area (Å²) >= 11 is 0. The second-order valence-corrected chi connectivity index (χ2v) is 5.64. The van der Waals surface area contributed by atoms with Crippen molar-refractivity contribution in [2.45, 2.75) is 19.4 Å². The molecule has 22 heavy (non-hydrogen) atoms. The van der Waals surface area contributed by atoms with E-state index in [1.807, 2.05) is 4.90 Å². The fourth-order valence-corrected chi connectivity index (χ4v) is 3.06. The molecule has 1 aliphatic heterocycles. The van der Waals surface area contributed by atoms with Gasteiger partial charge in [0.1, 0.15) is 17.0 Å². The molecule has 0 spiro atoms. The lowest BCUT2D eigenvalue weighted by Crippen LogP contribution is -2.34. The number of H-pyrrole nitrogens is 1. The number of ether oxygens (including phenoxy) is 1. The Bertz CT molecular complexity index is 809. The molecule has 3 heterocycles. The molecule has 0 aromatic carbocycles. The molecule has 0 radical (unpaired) electrons. The lowest BCUT2D eigenvalue weighted by atomic mass is 10.0. The third-order valence-corrected chi connectivity index (χ3v) is 4.28. The van der Waals surface area contributed by atoms with Gasteiger partial charge in [-0.05, 0) is 25.5 Å². The van der Waals surface area contributed by atoms with Crippen LogP contribution in [0.3, 0.4) is 0 Å². The van der Waals surface area contributed by atoms with Crippen molar-refractivity contribution in [2.24, 2.45) is 5.92 Å². The van der Waals surface area contributed by atoms with Gasteiger partial charge in [0.15, 0.2) is 0 Å². The van der Waals surface area contributed by atoms with Crippen molar-refractivity contribution in [3.63, 3.8) is 0 Å². The maximum Gasteiger partial charge on any atom is 0.333 e. The van der Waals surface area contributed by atoms with Crippen LogP contribution in [0.15, 0.2) is 27.9 Å². The number of anilines is 1. The van der Waals surface area contributed by atoms with Crippen LogP contribution in [0.4, 0.5) is 5.69 Å². The summed E-state index contributed by atoms with van der Waals surface area (Å²) in [6.45, 7) is 2.99. The van der Waals surface area contributed by atoms with Gasteiger partial charge in [-0.25, -0.2) is 4.79 Å². The van der Waals surface area contributed by atoms with Gasteiger partial charge in [-0.2, -0.15) is 0 Å². The maximum absolute atomic E-state index is 12.4. The van der Waals surface area contributed by atoms with E-state index in [0.717, 1.165) is 6.42 Å². The number of aliphatic hydroxyl groups excluding tert-OH is 1. The van der Waals surface area contributed by atoms with Crippen molar-refractivity contribution in [1.82, 2.24) is 9.38 Å². The van der Waals surface area contributed by atoms with Crippen molar-refractivity contribution < 1.29 is 9.84 Å². The van der Waals surface area contributed by atoms with Crippen LogP contribution in [0.25, 0.3) is 5.52 Å². The highest BCUT2D eigenvalue weighted by Gasteiger charge is 2.29. The Morgan fingerprint density at radius 2 is 2.23 bits per heavy atom. The van der Waals surface area contributed by atoms with Gasteiger partial charge < -0.3 is 14.7 Å². The number of pyridine rings is 1. The van der Waals surface area contributed by atoms with E-state index in [9.17, 15) is 14.7 Å². The van der Waals surface area contributed by atoms with E-state index in [1.165, 1.54) is 11.5 Å². The molecule has 2 atom stereocenters. The number of aromatic nitrogens is 2. The van der Waals surface area contributed by atoms with Gasteiger partial charge in [0.25, 0.3) is 5.56 Å². The topological polar surface area (TPSA) is 87.0 Å². The maximum atomic E-state index is 12.4. The second kappa shape index (κ2) is 5.49. The molecule has 3 rings (SSSR count). The fraction of sp³-hybridized carbons (Fsp3) is 0.467. The number of rotatable bonds is 3. The van der Waals surface area contributed by atoms with Gasteiger partial charge in [0.05, 0.1) is 13.2 Å². The van der Waals surface area contributed by atoms with Crippen LogP contribution in [-0.2, 0) is 0 Å². The van der Waals surface area contributed by atoms with E-state index in [4.69, 9.17) is 4.74 Å². The van der Waals surface area contributed by atoms with Crippen molar-refractivity contribution >= 4 is 11.2 Å². The molecule has 0 amide bonds. The smallest absolute Gasteiger partial charge is 0.333 e. The molecular formula is C15H19N3O4. The first-order valence-electron chi connectivity index (χ1n) is 7.27. The molecule has 2 N–H and O–H groups in total. The van der Waals surface area contributed by atoms with E-state index >= 15 is 0 Å². The number of methoxy groups -OCH3 is 1. The van der Waals surface area contributed by atoms with Crippen LogP contribution in [0.5, 0.6) is 5.75 Å². The second-order valence-electron chi connectivity index (χ2n) is 5.64. The summed E-state index contributed by atoms with van der Waals surface area (Å²) in [6, 6.07) is 3.41. The van der Waals surface area contributed by atoms with Crippen molar-refractivity contribution in [1.29, 1.82) is 0 Å². The Hall–Kier alpha value is -2.28. The number of aliphatic hydroxyl groups is 1. The zero-order valence-electron chi connectivity index (χ0n) is 12.6. The molecule has 1 aliphatic rings. The van der Waals surface area contributed by atoms with Crippen molar-refractivity contribution in [2.75, 3.05) is 25.1 Å². The Kier molecular flexibility index (Phi) is 3.66. The third kappa shape index (κ3) is 2.27. The largest absolute Gasteiger partial charge is 0.494 e. The van der Waals surface area contributed by atoms with Crippen LogP contribution < -0.4 is 20.9 Å². The van der Waals surface area contributed by atoms with E-state index in [-0.39, 0.29) is 5.92 Å². The highest BCUT2D eigenvalue weighted by molar-refractivity contribution is 5.78. The first-order valence-corrected chi connectivity index (χ1v) is 7.27. The summed E-state index contributed by atoms with van der Waals surface area (Å²) in [7, 11) is 1.51. The summed E-state index contributed by atoms with van der Waals surface area (Å²) in [5.41, 5.74) is -0.0418. The summed E-state index contributed by atoms with van der Waals surface area (Å²) in [5.74, 6) is 0.585. The predicted molar refractivity (Wildman–Crippen MR) is 82.8 cm³/mol. The summed E-state index contributed by atoms with van der Waals surface area (Å²) in [6.07, 6.45) is 1.98. The molecule has 0 saturated carbocycles. The lowest BCUT2D eigenvalue weighted by molar-refractivity contribution is 0.136. The standard InChI is InChI=1S/C15H19N3O4/c1-9(19)10-5-7-17(8-10)13-12-11(22-2)4-3-6-18(12)15(21)16-14(13)20/h3-4,6,9-10,19H,5,7-8H2,1-2H3,(H,16,20,21). The van der Waals surface area contributed by atoms with Crippen LogP contribution in [0.2, 0.25) is 0 Å². The fourth-order valence-electron chi connectivity index (χ4n) is 3.06. The average molecular weight is 305 g/mol. The van der Waals surface area contributed by atoms with Gasteiger partial charge in [0, 0.05) is 25.2 Å². The normalized spacial score (nSPS) is 19.6. The van der Waals surface area contributed by atoms with Crippen LogP contribution in [0, 0.1) is 5.92 Å². The Morgan fingerprint density at radius 1 is 1.45 bits per heavy atom. The minimum Gasteiger partial charge on any atom is -0.494 e. The van der Waals surface area contributed by atoms with Gasteiger partial charge in [-0.1, -0.05) is 0 Å². The zero-order chi connectivity index (χ0) is 15.9. The molecule has 7 heteroatoms. The number of hydrogen-bond acceptors (Lipinski definition) is 5. The van der Waals surface area contributed by atoms with Crippen LogP contribution in [-0.4, -0.2) is 40.8 Å². The zero-order valence-corrected chi connectivity index (χ0v) is 12.6. The molecule has 118 valence electrons. The first-order chi connectivity index (χ1) is 10.5. The lowest BCUT2D eigenvalue weighted by Gasteiger charge is -2.21. The predicted octanol–water partition coefficient (Wildman–Crippen LogP) is 0.204. The molecule has 0 bridgehead atoms. The summed E-state index contributed by atoms with van der Waals surface area (Å²) in [5, 5.41) is 9.75. The van der Waals surface area contributed by atoms with Gasteiger partial charge >= 0.3 is 5.69 Å². The Balaban J connectivity index is 2.21. The van der Waals surface area contributed by atoms with Crippen molar-refractivity contribution in [3.05, 3.63) is 39.2 Å². The van der Waals surface area contributed by atoms with Crippen molar-refractivity contribution in [3.8, 4) is 5.75 Å². The molecule has 7 nitrogen and oxygen atoms in total. The number of nitrogens with zero attached hydrogens (tertiary/aromatic N) is 2. The number of nitrogens with one attached hydrogen (secondary N) is 1. The SMILES string of the molecule is COc1cccn2c(=O)[nH]c(=O)c(N3CCC(C(C)O)C3)c12. The molecule has 1 fully saturated rings. The Labute approximate surface area is 126 Å². The minimum absolute atomic E-state index is 0.112. The molecule has 2 aromatic heterocycles. The van der Waals surface area contributed by atoms with Gasteiger partial charge in [-0.3, -0.25) is 14.2 Å². The molecule has 0 aliphatic carbocycles. The average Bonchev–Trinajstić information content (AvgIpc) is 2.96. The van der Waals surface area contributed by atoms with E-state index < -0.39 is 17.4 Å². The molecule has 1 saturated heterocycles. The highest BCUT2D eigenvalue weighted by atomic mass is 16.5. The Morgan fingerprint density at radius 3 is 2.86 bits per heavy atom. The molecule has 2 unspecified atom stereocenters. The summed E-state index contributed by atoms with van der Waals surface area (Å²) < 4.78 is 6.70. The summed E-state index contributed by atoms with van der Waals surface area (Å²) in [4.78, 5) is 28.6. The van der Waals surface area contributed by atoms with Gasteiger partial charge in [-0.15, -0.1) is 0 Å². The monoisotopic (exact) mass is 305 g/mol. The molecule has 2 aromatic rings. The van der Waals surface area contributed by atoms with Crippen LogP contribution in [0.1, 0.15) is 13.3 Å². The number of hydrogen-bond donors (Lipinski definition) is 2. The van der Waals surface area contributed by atoms with Crippen LogP contribution >= 0.6 is 0 Å². The third-order valence-electron chi connectivity index (χ3n) is 4.28.